The van der Waals surface area contributed by atoms with Crippen molar-refractivity contribution in [3.63, 3.8) is 0 Å². The lowest BCUT2D eigenvalue weighted by atomic mass is 10.0. The van der Waals surface area contributed by atoms with Crippen molar-refractivity contribution in [1.82, 2.24) is 10.3 Å². The van der Waals surface area contributed by atoms with Crippen LogP contribution in [-0.2, 0) is 0 Å². The summed E-state index contributed by atoms with van der Waals surface area (Å²) in [5.41, 5.74) is 3.54. The maximum Gasteiger partial charge on any atom is 0.336 e. The molecule has 1 fully saturated rings. The number of aromatic carboxylic acids is 1. The third-order valence-electron chi connectivity index (χ3n) is 6.08. The van der Waals surface area contributed by atoms with Gasteiger partial charge < -0.3 is 24.6 Å². The van der Waals surface area contributed by atoms with E-state index in [-0.39, 0.29) is 17.6 Å². The first-order valence-corrected chi connectivity index (χ1v) is 11.6. The number of carbonyl (C=O) groups is 1. The fraction of sp³-hybridized carbons (Fsp3) is 0.148. The Morgan fingerprint density at radius 1 is 1.03 bits per heavy atom. The number of hydrogen-bond acceptors (Lipinski definition) is 5. The number of aromatic nitrogens is 1. The Bertz CT molecular complexity index is 1370. The van der Waals surface area contributed by atoms with Gasteiger partial charge in [-0.25, -0.2) is 4.79 Å². The highest BCUT2D eigenvalue weighted by Crippen LogP contribution is 2.43. The molecule has 2 aromatic heterocycles. The summed E-state index contributed by atoms with van der Waals surface area (Å²) in [7, 11) is 3.99. The monoisotopic (exact) mass is 484 g/mol. The van der Waals surface area contributed by atoms with Gasteiger partial charge in [-0.1, -0.05) is 24.3 Å². The molecule has 8 heteroatoms. The topological polar surface area (TPSA) is 81.8 Å². The highest BCUT2D eigenvalue weighted by molar-refractivity contribution is 7.80. The van der Waals surface area contributed by atoms with E-state index in [1.54, 1.807) is 36.5 Å². The Morgan fingerprint density at radius 2 is 1.77 bits per heavy atom. The lowest BCUT2D eigenvalue weighted by Crippen LogP contribution is -2.29. The van der Waals surface area contributed by atoms with Crippen molar-refractivity contribution < 1.29 is 14.3 Å². The second-order valence-electron chi connectivity index (χ2n) is 8.46. The van der Waals surface area contributed by atoms with E-state index in [9.17, 15) is 9.90 Å². The molecule has 5 rings (SSSR count). The van der Waals surface area contributed by atoms with Crippen LogP contribution in [0.15, 0.2) is 89.5 Å². The van der Waals surface area contributed by atoms with Gasteiger partial charge in [0, 0.05) is 37.2 Å². The number of anilines is 2. The first-order valence-electron chi connectivity index (χ1n) is 11.1. The SMILES string of the molecule is CN(C)c1ccc(N2C(=S)N[C@H](c3ccccn3)[C@H]2c2ccc(-c3ccccc3C(=O)O)o2)cc1. The highest BCUT2D eigenvalue weighted by Gasteiger charge is 2.42. The summed E-state index contributed by atoms with van der Waals surface area (Å²) in [6.07, 6.45) is 1.75. The Morgan fingerprint density at radius 3 is 2.46 bits per heavy atom. The van der Waals surface area contributed by atoms with Gasteiger partial charge in [-0.3, -0.25) is 4.98 Å². The molecule has 2 N–H and O–H groups in total. The van der Waals surface area contributed by atoms with Gasteiger partial charge in [-0.2, -0.15) is 0 Å². The zero-order valence-corrected chi connectivity index (χ0v) is 20.1. The van der Waals surface area contributed by atoms with Crippen molar-refractivity contribution in [2.45, 2.75) is 12.1 Å². The van der Waals surface area contributed by atoms with Crippen LogP contribution in [0.3, 0.4) is 0 Å². The number of rotatable bonds is 6. The smallest absolute Gasteiger partial charge is 0.336 e. The van der Waals surface area contributed by atoms with Crippen LogP contribution in [0.2, 0.25) is 0 Å². The van der Waals surface area contributed by atoms with Crippen LogP contribution in [0.25, 0.3) is 11.3 Å². The number of benzene rings is 2. The van der Waals surface area contributed by atoms with Gasteiger partial charge in [0.15, 0.2) is 5.11 Å². The van der Waals surface area contributed by atoms with Crippen LogP contribution < -0.4 is 15.1 Å². The van der Waals surface area contributed by atoms with E-state index in [1.807, 2.05) is 72.4 Å². The molecule has 2 atom stereocenters. The van der Waals surface area contributed by atoms with Gasteiger partial charge in [0.25, 0.3) is 0 Å². The molecule has 0 radical (unpaired) electrons. The molecule has 0 bridgehead atoms. The number of furan rings is 1. The van der Waals surface area contributed by atoms with Gasteiger partial charge in [0.2, 0.25) is 0 Å². The Labute approximate surface area is 208 Å². The summed E-state index contributed by atoms with van der Waals surface area (Å²) in [5, 5.41) is 13.6. The van der Waals surface area contributed by atoms with Crippen LogP contribution >= 0.6 is 12.2 Å². The summed E-state index contributed by atoms with van der Waals surface area (Å²) >= 11 is 5.77. The van der Waals surface area contributed by atoms with Gasteiger partial charge in [0.05, 0.1) is 17.3 Å². The van der Waals surface area contributed by atoms with Crippen molar-refractivity contribution in [1.29, 1.82) is 0 Å². The maximum absolute atomic E-state index is 11.8. The van der Waals surface area contributed by atoms with E-state index < -0.39 is 5.97 Å². The second kappa shape index (κ2) is 9.23. The fourth-order valence-electron chi connectivity index (χ4n) is 4.37. The van der Waals surface area contributed by atoms with E-state index in [4.69, 9.17) is 16.6 Å². The van der Waals surface area contributed by atoms with Gasteiger partial charge in [0.1, 0.15) is 17.6 Å². The average molecular weight is 485 g/mol. The number of carboxylic acids is 1. The first kappa shape index (κ1) is 22.6. The van der Waals surface area contributed by atoms with Crippen molar-refractivity contribution >= 4 is 34.7 Å². The van der Waals surface area contributed by atoms with E-state index >= 15 is 0 Å². The molecule has 7 nitrogen and oxygen atoms in total. The zero-order valence-electron chi connectivity index (χ0n) is 19.3. The molecular formula is C27H24N4O3S. The van der Waals surface area contributed by atoms with Crippen LogP contribution in [0.5, 0.6) is 0 Å². The van der Waals surface area contributed by atoms with Crippen molar-refractivity contribution in [3.05, 3.63) is 102 Å². The molecule has 3 heterocycles. The second-order valence-corrected chi connectivity index (χ2v) is 8.85. The quantitative estimate of drug-likeness (QED) is 0.358. The number of pyridine rings is 1. The van der Waals surface area contributed by atoms with E-state index in [2.05, 4.69) is 10.3 Å². The van der Waals surface area contributed by atoms with Crippen LogP contribution in [-0.4, -0.2) is 35.3 Å². The molecule has 0 spiro atoms. The molecule has 0 aliphatic carbocycles. The molecule has 0 saturated carbocycles. The minimum Gasteiger partial charge on any atom is -0.478 e. The summed E-state index contributed by atoms with van der Waals surface area (Å²) in [4.78, 5) is 20.4. The van der Waals surface area contributed by atoms with Gasteiger partial charge in [-0.05, 0) is 66.8 Å². The minimum atomic E-state index is -1.00. The normalized spacial score (nSPS) is 17.3. The lowest BCUT2D eigenvalue weighted by Gasteiger charge is -2.26. The lowest BCUT2D eigenvalue weighted by molar-refractivity contribution is 0.0697. The predicted molar refractivity (Wildman–Crippen MR) is 140 cm³/mol. The highest BCUT2D eigenvalue weighted by atomic mass is 32.1. The molecular weight excluding hydrogens is 460 g/mol. The molecule has 0 amide bonds. The first-order chi connectivity index (χ1) is 16.9. The van der Waals surface area contributed by atoms with Crippen molar-refractivity contribution in [3.8, 4) is 11.3 Å². The van der Waals surface area contributed by atoms with Crippen LogP contribution in [0.4, 0.5) is 11.4 Å². The Balaban J connectivity index is 1.60. The molecule has 2 aromatic carbocycles. The Hall–Kier alpha value is -4.17. The number of thiocarbonyl (C=S) groups is 1. The molecule has 35 heavy (non-hydrogen) atoms. The summed E-state index contributed by atoms with van der Waals surface area (Å²) in [5.74, 6) is 0.134. The molecule has 0 unspecified atom stereocenters. The van der Waals surface area contributed by atoms with Crippen LogP contribution in [0.1, 0.15) is 33.9 Å². The third kappa shape index (κ3) is 4.24. The molecule has 4 aromatic rings. The molecule has 1 aliphatic rings. The molecule has 1 saturated heterocycles. The zero-order chi connectivity index (χ0) is 24.5. The van der Waals surface area contributed by atoms with Gasteiger partial charge >= 0.3 is 5.97 Å². The van der Waals surface area contributed by atoms with Crippen molar-refractivity contribution in [2.75, 3.05) is 23.9 Å². The summed E-state index contributed by atoms with van der Waals surface area (Å²) in [6.45, 7) is 0. The maximum atomic E-state index is 11.8. The summed E-state index contributed by atoms with van der Waals surface area (Å²) in [6, 6.07) is 23.8. The third-order valence-corrected chi connectivity index (χ3v) is 6.40. The number of nitrogens with zero attached hydrogens (tertiary/aromatic N) is 3. The predicted octanol–water partition coefficient (Wildman–Crippen LogP) is 5.28. The minimum absolute atomic E-state index is 0.186. The van der Waals surface area contributed by atoms with E-state index in [1.165, 1.54) is 0 Å². The standard InChI is InChI=1S/C27H24N4O3S/c1-30(2)17-10-12-18(13-11-17)31-25(24(29-27(31)35)21-9-5-6-16-28-21)23-15-14-22(34-23)19-7-3-4-8-20(19)26(32)33/h3-16,24-25H,1-2H3,(H,29,35)(H,32,33)/t24-,25-/m1/s1. The van der Waals surface area contributed by atoms with Crippen LogP contribution in [0, 0.1) is 0 Å². The van der Waals surface area contributed by atoms with Gasteiger partial charge in [-0.15, -0.1) is 0 Å². The largest absolute Gasteiger partial charge is 0.478 e. The number of carboxylic acid groups (broad SMARTS) is 1. The summed E-state index contributed by atoms with van der Waals surface area (Å²) < 4.78 is 6.32. The fourth-order valence-corrected chi connectivity index (χ4v) is 4.72. The molecule has 176 valence electrons. The average Bonchev–Trinajstić information content (AvgIpc) is 3.49. The van der Waals surface area contributed by atoms with E-state index in [0.717, 1.165) is 17.1 Å². The van der Waals surface area contributed by atoms with Crippen molar-refractivity contribution in [2.24, 2.45) is 0 Å². The van der Waals surface area contributed by atoms with E-state index in [0.29, 0.717) is 22.2 Å². The number of nitrogens with one attached hydrogen (secondary N) is 1. The Kier molecular flexibility index (Phi) is 5.96. The molecule has 1 aliphatic heterocycles. The number of hydrogen-bond donors (Lipinski definition) is 2.